The van der Waals surface area contributed by atoms with Crippen LogP contribution >= 0.6 is 11.3 Å². The highest BCUT2D eigenvalue weighted by Crippen LogP contribution is 2.25. The molecule has 1 aromatic heterocycles. The highest BCUT2D eigenvalue weighted by molar-refractivity contribution is 7.14. The molecule has 0 bridgehead atoms. The average molecular weight is 359 g/mol. The van der Waals surface area contributed by atoms with Crippen LogP contribution in [0.3, 0.4) is 0 Å². The minimum Gasteiger partial charge on any atom is -0.497 e. The summed E-state index contributed by atoms with van der Waals surface area (Å²) in [5.41, 5.74) is 1.02. The van der Waals surface area contributed by atoms with E-state index in [9.17, 15) is 9.59 Å². The first-order valence-electron chi connectivity index (χ1n) is 8.49. The summed E-state index contributed by atoms with van der Waals surface area (Å²) >= 11 is 1.48. The van der Waals surface area contributed by atoms with E-state index in [1.807, 2.05) is 62.1 Å². The van der Waals surface area contributed by atoms with Gasteiger partial charge in [-0.15, -0.1) is 11.3 Å². The molecule has 0 N–H and O–H groups in total. The maximum atomic E-state index is 12.6. The van der Waals surface area contributed by atoms with Crippen LogP contribution in [0.2, 0.25) is 0 Å². The van der Waals surface area contributed by atoms with Crippen molar-refractivity contribution in [3.05, 3.63) is 51.7 Å². The summed E-state index contributed by atoms with van der Waals surface area (Å²) in [6.07, 6.45) is 0.484. The average Bonchev–Trinajstić information content (AvgIpc) is 3.06. The Balaban J connectivity index is 2.00. The number of benzene rings is 1. The van der Waals surface area contributed by atoms with Gasteiger partial charge in [-0.05, 0) is 50.6 Å². The normalized spacial score (nSPS) is 11.8. The second-order valence-corrected chi connectivity index (χ2v) is 7.25. The maximum Gasteiger partial charge on any atom is 0.223 e. The maximum absolute atomic E-state index is 12.6. The van der Waals surface area contributed by atoms with Crippen molar-refractivity contribution in [2.45, 2.75) is 39.7 Å². The number of rotatable bonds is 8. The molecule has 5 heteroatoms. The molecule has 4 nitrogen and oxygen atoms in total. The molecule has 1 unspecified atom stereocenters. The Kier molecular flexibility index (Phi) is 6.76. The molecular weight excluding hydrogens is 334 g/mol. The predicted molar refractivity (Wildman–Crippen MR) is 101 cm³/mol. The quantitative estimate of drug-likeness (QED) is 0.645. The molecule has 0 fully saturated rings. The predicted octanol–water partition coefficient (Wildman–Crippen LogP) is 4.64. The molecule has 1 heterocycles. The Morgan fingerprint density at radius 1 is 1.20 bits per heavy atom. The van der Waals surface area contributed by atoms with Gasteiger partial charge in [-0.3, -0.25) is 9.59 Å². The molecule has 1 aromatic carbocycles. The number of hydrogen-bond acceptors (Lipinski definition) is 4. The minimum absolute atomic E-state index is 0.000511. The highest BCUT2D eigenvalue weighted by Gasteiger charge is 2.21. The van der Waals surface area contributed by atoms with E-state index in [-0.39, 0.29) is 30.6 Å². The van der Waals surface area contributed by atoms with Crippen LogP contribution in [0.15, 0.2) is 36.4 Å². The van der Waals surface area contributed by atoms with E-state index >= 15 is 0 Å². The highest BCUT2D eigenvalue weighted by atomic mass is 32.1. The molecular formula is C20H25NO3S. The molecule has 0 saturated heterocycles. The van der Waals surface area contributed by atoms with E-state index < -0.39 is 0 Å². The fourth-order valence-electron chi connectivity index (χ4n) is 2.82. The molecule has 0 radical (unpaired) electrons. The van der Waals surface area contributed by atoms with Crippen LogP contribution in [0.5, 0.6) is 5.75 Å². The van der Waals surface area contributed by atoms with Gasteiger partial charge in [0.05, 0.1) is 18.0 Å². The SMILES string of the molecule is CCN(C(=O)CCC(=O)c1ccc(C)s1)C(C)c1cccc(OC)c1. The van der Waals surface area contributed by atoms with Gasteiger partial charge in [0.25, 0.3) is 0 Å². The lowest BCUT2D eigenvalue weighted by Gasteiger charge is -2.28. The molecule has 0 saturated carbocycles. The number of methoxy groups -OCH3 is 1. The van der Waals surface area contributed by atoms with E-state index in [4.69, 9.17) is 4.74 Å². The summed E-state index contributed by atoms with van der Waals surface area (Å²) in [7, 11) is 1.63. The van der Waals surface area contributed by atoms with Gasteiger partial charge in [-0.2, -0.15) is 0 Å². The fraction of sp³-hybridized carbons (Fsp3) is 0.400. The molecule has 0 spiro atoms. The Morgan fingerprint density at radius 2 is 1.96 bits per heavy atom. The smallest absolute Gasteiger partial charge is 0.223 e. The summed E-state index contributed by atoms with van der Waals surface area (Å²) in [5, 5.41) is 0. The Hall–Kier alpha value is -2.14. The molecule has 2 rings (SSSR count). The molecule has 134 valence electrons. The molecule has 1 amide bonds. The number of ketones is 1. The zero-order valence-electron chi connectivity index (χ0n) is 15.2. The third-order valence-electron chi connectivity index (χ3n) is 4.29. The number of hydrogen-bond donors (Lipinski definition) is 0. The van der Waals surface area contributed by atoms with Crippen LogP contribution < -0.4 is 4.74 Å². The van der Waals surface area contributed by atoms with E-state index in [1.54, 1.807) is 7.11 Å². The molecule has 0 aliphatic heterocycles. The van der Waals surface area contributed by atoms with Crippen molar-refractivity contribution in [1.82, 2.24) is 4.90 Å². The van der Waals surface area contributed by atoms with E-state index in [0.29, 0.717) is 6.54 Å². The third kappa shape index (κ3) is 4.92. The van der Waals surface area contributed by atoms with Crippen molar-refractivity contribution in [3.63, 3.8) is 0 Å². The lowest BCUT2D eigenvalue weighted by molar-refractivity contribution is -0.133. The van der Waals surface area contributed by atoms with E-state index in [2.05, 4.69) is 0 Å². The minimum atomic E-state index is -0.0633. The molecule has 0 aliphatic carbocycles. The van der Waals surface area contributed by atoms with Crippen molar-refractivity contribution in [1.29, 1.82) is 0 Å². The van der Waals surface area contributed by atoms with Gasteiger partial charge in [-0.1, -0.05) is 12.1 Å². The van der Waals surface area contributed by atoms with Crippen molar-refractivity contribution in [3.8, 4) is 5.75 Å². The lowest BCUT2D eigenvalue weighted by atomic mass is 10.1. The second kappa shape index (κ2) is 8.81. The number of aryl methyl sites for hydroxylation is 1. The number of nitrogens with zero attached hydrogens (tertiary/aromatic N) is 1. The van der Waals surface area contributed by atoms with E-state index in [1.165, 1.54) is 11.3 Å². The monoisotopic (exact) mass is 359 g/mol. The van der Waals surface area contributed by atoms with Gasteiger partial charge in [0.15, 0.2) is 5.78 Å². The van der Waals surface area contributed by atoms with Crippen LogP contribution in [0.25, 0.3) is 0 Å². The van der Waals surface area contributed by atoms with Crippen LogP contribution in [0, 0.1) is 6.92 Å². The number of ether oxygens (including phenoxy) is 1. The van der Waals surface area contributed by atoms with Crippen molar-refractivity contribution in [2.75, 3.05) is 13.7 Å². The van der Waals surface area contributed by atoms with Crippen LogP contribution in [-0.2, 0) is 4.79 Å². The van der Waals surface area contributed by atoms with Crippen LogP contribution in [0.4, 0.5) is 0 Å². The Morgan fingerprint density at radius 3 is 2.56 bits per heavy atom. The van der Waals surface area contributed by atoms with Crippen molar-refractivity contribution < 1.29 is 14.3 Å². The first-order chi connectivity index (χ1) is 12.0. The van der Waals surface area contributed by atoms with Gasteiger partial charge in [0.1, 0.15) is 5.75 Å². The first kappa shape index (κ1) is 19.2. The van der Waals surface area contributed by atoms with Gasteiger partial charge < -0.3 is 9.64 Å². The van der Waals surface area contributed by atoms with Gasteiger partial charge in [-0.25, -0.2) is 0 Å². The summed E-state index contributed by atoms with van der Waals surface area (Å²) in [5.74, 6) is 0.812. The first-order valence-corrected chi connectivity index (χ1v) is 9.31. The van der Waals surface area contributed by atoms with Gasteiger partial charge in [0, 0.05) is 24.3 Å². The number of carbonyl (C=O) groups is 2. The van der Waals surface area contributed by atoms with Crippen molar-refractivity contribution >= 4 is 23.0 Å². The number of carbonyl (C=O) groups excluding carboxylic acids is 2. The van der Waals surface area contributed by atoms with Crippen LogP contribution in [-0.4, -0.2) is 30.2 Å². The summed E-state index contributed by atoms with van der Waals surface area (Å²) in [6, 6.07) is 11.4. The largest absolute Gasteiger partial charge is 0.497 e. The van der Waals surface area contributed by atoms with Gasteiger partial charge in [0.2, 0.25) is 5.91 Å². The van der Waals surface area contributed by atoms with Crippen LogP contribution in [0.1, 0.15) is 52.8 Å². The standard InChI is InChI=1S/C20H25NO3S/c1-5-21(15(3)16-7-6-8-17(13-16)24-4)20(23)12-10-18(22)19-11-9-14(2)25-19/h6-9,11,13,15H,5,10,12H2,1-4H3. The van der Waals surface area contributed by atoms with E-state index in [0.717, 1.165) is 21.1 Å². The lowest BCUT2D eigenvalue weighted by Crippen LogP contribution is -2.33. The topological polar surface area (TPSA) is 46.6 Å². The molecule has 25 heavy (non-hydrogen) atoms. The van der Waals surface area contributed by atoms with Gasteiger partial charge >= 0.3 is 0 Å². The zero-order chi connectivity index (χ0) is 18.4. The molecule has 0 aliphatic rings. The number of thiophene rings is 1. The Bertz CT molecular complexity index is 738. The zero-order valence-corrected chi connectivity index (χ0v) is 16.1. The number of Topliss-reactive ketones (excluding diaryl/α,β-unsaturated/α-hetero) is 1. The molecule has 2 aromatic rings. The molecule has 1 atom stereocenters. The summed E-state index contributed by atoms with van der Waals surface area (Å²) in [4.78, 5) is 28.5. The summed E-state index contributed by atoms with van der Waals surface area (Å²) in [6.45, 7) is 6.53. The fourth-order valence-corrected chi connectivity index (χ4v) is 3.65. The van der Waals surface area contributed by atoms with Crippen molar-refractivity contribution in [2.24, 2.45) is 0 Å². The Labute approximate surface area is 153 Å². The number of amides is 1. The third-order valence-corrected chi connectivity index (χ3v) is 5.33. The summed E-state index contributed by atoms with van der Waals surface area (Å²) < 4.78 is 5.26. The second-order valence-electron chi connectivity index (χ2n) is 5.97.